The molecule has 2 aliphatic heterocycles. The van der Waals surface area contributed by atoms with Gasteiger partial charge in [-0.1, -0.05) is 6.42 Å². The number of rotatable bonds is 7. The van der Waals surface area contributed by atoms with E-state index in [1.807, 2.05) is 6.07 Å². The molecule has 6 nitrogen and oxygen atoms in total. The Morgan fingerprint density at radius 2 is 2.00 bits per heavy atom. The number of nitrogens with zero attached hydrogens (tertiary/aromatic N) is 1. The Bertz CT molecular complexity index is 1330. The summed E-state index contributed by atoms with van der Waals surface area (Å²) in [5, 5.41) is 6.14. The van der Waals surface area contributed by atoms with Crippen molar-refractivity contribution >= 4 is 27.5 Å². The molecule has 0 aliphatic carbocycles. The van der Waals surface area contributed by atoms with Crippen LogP contribution in [0.25, 0.3) is 27.5 Å². The van der Waals surface area contributed by atoms with Crippen LogP contribution in [0.4, 0.5) is 0 Å². The van der Waals surface area contributed by atoms with E-state index in [9.17, 15) is 0 Å². The molecule has 33 heavy (non-hydrogen) atoms. The van der Waals surface area contributed by atoms with Crippen molar-refractivity contribution in [3.05, 3.63) is 60.4 Å². The molecule has 2 N–H and O–H groups in total. The van der Waals surface area contributed by atoms with E-state index in [4.69, 9.17) is 14.2 Å². The smallest absolute Gasteiger partial charge is 0.231 e. The van der Waals surface area contributed by atoms with Crippen LogP contribution in [0.15, 0.2) is 54.9 Å². The van der Waals surface area contributed by atoms with Crippen molar-refractivity contribution in [3.63, 3.8) is 0 Å². The van der Waals surface area contributed by atoms with Gasteiger partial charge in [0.15, 0.2) is 11.5 Å². The number of methoxy groups -OCH3 is 1. The van der Waals surface area contributed by atoms with Crippen LogP contribution in [-0.4, -0.2) is 36.0 Å². The van der Waals surface area contributed by atoms with Crippen molar-refractivity contribution < 1.29 is 14.2 Å². The molecule has 0 spiro atoms. The lowest BCUT2D eigenvalue weighted by atomic mass is 10.0. The molecule has 1 atom stereocenters. The highest BCUT2D eigenvalue weighted by Crippen LogP contribution is 2.37. The van der Waals surface area contributed by atoms with E-state index < -0.39 is 0 Å². The highest BCUT2D eigenvalue weighted by atomic mass is 16.7. The fraction of sp³-hybridized carbons (Fsp3) is 0.333. The topological polar surface area (TPSA) is 60.4 Å². The fourth-order valence-corrected chi connectivity index (χ4v) is 5.09. The molecule has 1 unspecified atom stereocenters. The van der Waals surface area contributed by atoms with Crippen LogP contribution in [0, 0.1) is 0 Å². The molecule has 2 aromatic heterocycles. The van der Waals surface area contributed by atoms with Crippen LogP contribution in [0.3, 0.4) is 0 Å². The third-order valence-corrected chi connectivity index (χ3v) is 6.86. The Morgan fingerprint density at radius 1 is 1.09 bits per heavy atom. The SMILES string of the molecule is COc1ccc2[nH]cc(CCCCC3C=C(n4ccc5cc6c(cc54)OCO6)CCN3)c2c1. The Labute approximate surface area is 193 Å². The second-order valence-corrected chi connectivity index (χ2v) is 8.89. The molecule has 0 saturated carbocycles. The maximum atomic E-state index is 5.60. The van der Waals surface area contributed by atoms with E-state index in [2.05, 4.69) is 63.7 Å². The molecule has 0 radical (unpaired) electrons. The summed E-state index contributed by atoms with van der Waals surface area (Å²) in [6.07, 6.45) is 12.3. The molecule has 0 fully saturated rings. The predicted molar refractivity (Wildman–Crippen MR) is 131 cm³/mol. The highest BCUT2D eigenvalue weighted by molar-refractivity contribution is 5.87. The van der Waals surface area contributed by atoms with E-state index in [0.717, 1.165) is 43.1 Å². The van der Waals surface area contributed by atoms with Gasteiger partial charge in [0.25, 0.3) is 0 Å². The van der Waals surface area contributed by atoms with Crippen molar-refractivity contribution in [2.45, 2.75) is 38.1 Å². The second-order valence-electron chi connectivity index (χ2n) is 8.89. The van der Waals surface area contributed by atoms with Gasteiger partial charge in [-0.05, 0) is 61.2 Å². The van der Waals surface area contributed by atoms with E-state index in [-0.39, 0.29) is 0 Å². The van der Waals surface area contributed by atoms with Gasteiger partial charge >= 0.3 is 0 Å². The van der Waals surface area contributed by atoms with Gasteiger partial charge in [0.2, 0.25) is 6.79 Å². The molecule has 6 rings (SSSR count). The van der Waals surface area contributed by atoms with E-state index in [1.165, 1.54) is 45.9 Å². The number of aromatic nitrogens is 2. The van der Waals surface area contributed by atoms with Gasteiger partial charge in [-0.2, -0.15) is 0 Å². The van der Waals surface area contributed by atoms with Crippen molar-refractivity contribution in [1.29, 1.82) is 0 Å². The first-order valence-corrected chi connectivity index (χ1v) is 11.8. The number of hydrogen-bond donors (Lipinski definition) is 2. The van der Waals surface area contributed by atoms with Crippen LogP contribution in [0.2, 0.25) is 0 Å². The van der Waals surface area contributed by atoms with Crippen LogP contribution in [-0.2, 0) is 6.42 Å². The zero-order chi connectivity index (χ0) is 22.2. The third-order valence-electron chi connectivity index (χ3n) is 6.86. The van der Waals surface area contributed by atoms with Gasteiger partial charge in [-0.25, -0.2) is 0 Å². The van der Waals surface area contributed by atoms with Crippen molar-refractivity contribution in [2.24, 2.45) is 0 Å². The van der Waals surface area contributed by atoms with Gasteiger partial charge in [-0.3, -0.25) is 0 Å². The molecule has 6 heteroatoms. The van der Waals surface area contributed by atoms with E-state index >= 15 is 0 Å². The minimum Gasteiger partial charge on any atom is -0.497 e. The molecular weight excluding hydrogens is 414 g/mol. The van der Waals surface area contributed by atoms with Crippen molar-refractivity contribution in [3.8, 4) is 17.2 Å². The summed E-state index contributed by atoms with van der Waals surface area (Å²) >= 11 is 0. The van der Waals surface area contributed by atoms with Crippen LogP contribution in [0.1, 0.15) is 31.2 Å². The molecule has 2 aliphatic rings. The number of unbranched alkanes of at least 4 members (excludes halogenated alkanes) is 1. The monoisotopic (exact) mass is 443 g/mol. The minimum absolute atomic E-state index is 0.308. The average molecular weight is 444 g/mol. The molecule has 4 aromatic rings. The first kappa shape index (κ1) is 20.2. The maximum absolute atomic E-state index is 5.60. The highest BCUT2D eigenvalue weighted by Gasteiger charge is 2.19. The Hall–Kier alpha value is -3.38. The first-order chi connectivity index (χ1) is 16.3. The standard InChI is InChI=1S/C27H29N3O3/c1-31-22-6-7-24-23(14-22)19(16-29-24)4-2-3-5-20-13-21(8-10-28-20)30-11-9-18-12-26-27(15-25(18)30)33-17-32-26/h6-7,9,11-16,20,28-29H,2-5,8,10,17H2,1H3. The van der Waals surface area contributed by atoms with Crippen molar-refractivity contribution in [1.82, 2.24) is 14.9 Å². The van der Waals surface area contributed by atoms with Gasteiger partial charge in [0.1, 0.15) is 5.75 Å². The zero-order valence-electron chi connectivity index (χ0n) is 18.9. The molecule has 170 valence electrons. The minimum atomic E-state index is 0.308. The number of nitrogens with one attached hydrogen (secondary N) is 2. The predicted octanol–water partition coefficient (Wildman–Crippen LogP) is 5.48. The summed E-state index contributed by atoms with van der Waals surface area (Å²) in [5.41, 5.74) is 5.08. The number of aryl methyl sites for hydroxylation is 1. The van der Waals surface area contributed by atoms with E-state index in [0.29, 0.717) is 12.8 Å². The summed E-state index contributed by atoms with van der Waals surface area (Å²) in [5.74, 6) is 2.59. The lowest BCUT2D eigenvalue weighted by Crippen LogP contribution is -2.32. The maximum Gasteiger partial charge on any atom is 0.231 e. The van der Waals surface area contributed by atoms with Gasteiger partial charge in [0.05, 0.1) is 12.6 Å². The number of benzene rings is 2. The number of fused-ring (bicyclic) bond motifs is 3. The lowest BCUT2D eigenvalue weighted by Gasteiger charge is -2.24. The molecule has 2 aromatic carbocycles. The van der Waals surface area contributed by atoms with Crippen LogP contribution >= 0.6 is 0 Å². The number of H-pyrrole nitrogens is 1. The van der Waals surface area contributed by atoms with Gasteiger partial charge in [-0.15, -0.1) is 0 Å². The third kappa shape index (κ3) is 3.85. The largest absolute Gasteiger partial charge is 0.497 e. The number of hydrogen-bond acceptors (Lipinski definition) is 4. The summed E-state index contributed by atoms with van der Waals surface area (Å²) in [4.78, 5) is 3.38. The van der Waals surface area contributed by atoms with Crippen LogP contribution in [0.5, 0.6) is 17.2 Å². The molecule has 0 bridgehead atoms. The van der Waals surface area contributed by atoms with E-state index in [1.54, 1.807) is 7.11 Å². The van der Waals surface area contributed by atoms with Gasteiger partial charge in [0, 0.05) is 59.5 Å². The molecule has 0 amide bonds. The normalized spacial score (nSPS) is 17.6. The summed E-state index contributed by atoms with van der Waals surface area (Å²) in [6.45, 7) is 1.31. The number of aromatic amines is 1. The van der Waals surface area contributed by atoms with Crippen LogP contribution < -0.4 is 19.5 Å². The Morgan fingerprint density at radius 3 is 2.91 bits per heavy atom. The first-order valence-electron chi connectivity index (χ1n) is 11.8. The summed E-state index contributed by atoms with van der Waals surface area (Å²) in [7, 11) is 1.72. The van der Waals surface area contributed by atoms with Gasteiger partial charge < -0.3 is 29.1 Å². The zero-order valence-corrected chi connectivity index (χ0v) is 18.9. The Kier molecular flexibility index (Phi) is 5.23. The second kappa shape index (κ2) is 8.52. The molecule has 0 saturated heterocycles. The molecular formula is C27H29N3O3. The fourth-order valence-electron chi connectivity index (χ4n) is 5.09. The average Bonchev–Trinajstić information content (AvgIpc) is 3.58. The lowest BCUT2D eigenvalue weighted by molar-refractivity contribution is 0.174. The quantitative estimate of drug-likeness (QED) is 0.372. The number of ether oxygens (including phenoxy) is 3. The summed E-state index contributed by atoms with van der Waals surface area (Å²) in [6, 6.07) is 13.0. The Balaban J connectivity index is 1.11. The molecule has 4 heterocycles. The summed E-state index contributed by atoms with van der Waals surface area (Å²) < 4.78 is 18.8. The van der Waals surface area contributed by atoms with Crippen molar-refractivity contribution in [2.75, 3.05) is 20.4 Å².